The maximum absolute atomic E-state index is 6.02. The molecule has 1 saturated carbocycles. The lowest BCUT2D eigenvalue weighted by Crippen LogP contribution is -2.33. The molecule has 2 heterocycles. The maximum Gasteiger partial charge on any atom is 0.200 e. The summed E-state index contributed by atoms with van der Waals surface area (Å²) in [4.78, 5) is 0. The van der Waals surface area contributed by atoms with Gasteiger partial charge in [-0.25, -0.2) is 0 Å². The first-order valence-electron chi connectivity index (χ1n) is 8.84. The van der Waals surface area contributed by atoms with E-state index in [1.165, 1.54) is 42.3 Å². The van der Waals surface area contributed by atoms with E-state index in [-0.39, 0.29) is 0 Å². The number of aromatic nitrogens is 5. The molecule has 130 valence electrons. The monoisotopic (exact) mass is 356 g/mol. The normalized spacial score (nSPS) is 16.8. The van der Waals surface area contributed by atoms with Crippen molar-refractivity contribution < 1.29 is 0 Å². The molecule has 0 radical (unpaired) electrons. The number of halogens is 1. The van der Waals surface area contributed by atoms with Crippen molar-refractivity contribution in [3.8, 4) is 0 Å². The molecule has 1 N–H and O–H groups in total. The number of tetrazole rings is 1. The molecule has 2 aromatic heterocycles. The Morgan fingerprint density at radius 1 is 1.08 bits per heavy atom. The Kier molecular flexibility index (Phi) is 4.78. The summed E-state index contributed by atoms with van der Waals surface area (Å²) in [6.07, 6.45) is 7.44. The maximum atomic E-state index is 6.02. The summed E-state index contributed by atoms with van der Waals surface area (Å²) >= 11 is 6.02. The van der Waals surface area contributed by atoms with Crippen LogP contribution in [0.5, 0.6) is 0 Å². The summed E-state index contributed by atoms with van der Waals surface area (Å²) in [7, 11) is 0. The van der Waals surface area contributed by atoms with Gasteiger partial charge in [0.2, 0.25) is 0 Å². The minimum atomic E-state index is 0.336. The third-order valence-corrected chi connectivity index (χ3v) is 5.24. The van der Waals surface area contributed by atoms with Gasteiger partial charge in [0.15, 0.2) is 5.65 Å². The van der Waals surface area contributed by atoms with Crippen LogP contribution in [-0.2, 0) is 6.42 Å². The third kappa shape index (κ3) is 3.90. The van der Waals surface area contributed by atoms with Gasteiger partial charge in [0, 0.05) is 11.1 Å². The summed E-state index contributed by atoms with van der Waals surface area (Å²) < 4.78 is 1.46. The molecule has 1 fully saturated rings. The fourth-order valence-corrected chi connectivity index (χ4v) is 3.79. The zero-order valence-electron chi connectivity index (χ0n) is 14.0. The number of nitrogens with zero attached hydrogens (tertiary/aromatic N) is 5. The minimum Gasteiger partial charge on any atom is -0.365 e. The van der Waals surface area contributed by atoms with Crippen LogP contribution in [0.25, 0.3) is 5.65 Å². The van der Waals surface area contributed by atoms with E-state index >= 15 is 0 Å². The van der Waals surface area contributed by atoms with Crippen molar-refractivity contribution >= 4 is 23.1 Å². The van der Waals surface area contributed by atoms with E-state index in [1.807, 2.05) is 24.3 Å². The van der Waals surface area contributed by atoms with Gasteiger partial charge in [-0.2, -0.15) is 0 Å². The molecular formula is C18H21ClN6. The van der Waals surface area contributed by atoms with E-state index in [9.17, 15) is 0 Å². The summed E-state index contributed by atoms with van der Waals surface area (Å²) in [6, 6.07) is 12.3. The Labute approximate surface area is 151 Å². The van der Waals surface area contributed by atoms with Crippen molar-refractivity contribution in [3.05, 3.63) is 47.0 Å². The van der Waals surface area contributed by atoms with Crippen molar-refractivity contribution in [2.45, 2.75) is 44.6 Å². The number of hydrogen-bond acceptors (Lipinski definition) is 5. The van der Waals surface area contributed by atoms with Crippen molar-refractivity contribution in [2.75, 3.05) is 5.32 Å². The molecule has 0 amide bonds. The summed E-state index contributed by atoms with van der Waals surface area (Å²) in [5.41, 5.74) is 1.94. The van der Waals surface area contributed by atoms with Gasteiger partial charge >= 0.3 is 0 Å². The van der Waals surface area contributed by atoms with Gasteiger partial charge in [0.05, 0.1) is 0 Å². The molecule has 0 bridgehead atoms. The second-order valence-electron chi connectivity index (χ2n) is 6.72. The van der Waals surface area contributed by atoms with Crippen molar-refractivity contribution in [3.63, 3.8) is 0 Å². The first-order valence-corrected chi connectivity index (χ1v) is 9.22. The standard InChI is InChI=1S/C18H21ClN6/c19-15-8-6-13(7-9-15)12-16(14-4-2-1-3-5-14)20-17-10-11-18-21-23-24-25(18)22-17/h6-11,14,16H,1-5,12H2,(H,20,22). The Balaban J connectivity index is 1.56. The lowest BCUT2D eigenvalue weighted by atomic mass is 9.81. The van der Waals surface area contributed by atoms with E-state index < -0.39 is 0 Å². The molecule has 7 heteroatoms. The Morgan fingerprint density at radius 3 is 2.68 bits per heavy atom. The predicted octanol–water partition coefficient (Wildman–Crippen LogP) is 3.78. The number of hydrogen-bond donors (Lipinski definition) is 1. The molecule has 1 aliphatic rings. The zero-order chi connectivity index (χ0) is 17.1. The topological polar surface area (TPSA) is 68.0 Å². The predicted molar refractivity (Wildman–Crippen MR) is 97.7 cm³/mol. The van der Waals surface area contributed by atoms with Crippen LogP contribution in [0.15, 0.2) is 36.4 Å². The van der Waals surface area contributed by atoms with Gasteiger partial charge < -0.3 is 5.32 Å². The van der Waals surface area contributed by atoms with Crippen molar-refractivity contribution in [2.24, 2.45) is 5.92 Å². The SMILES string of the molecule is Clc1ccc(CC(Nc2ccc3nnnn3n2)C2CCCCC2)cc1. The number of benzene rings is 1. The highest BCUT2D eigenvalue weighted by atomic mass is 35.5. The van der Waals surface area contributed by atoms with E-state index in [2.05, 4.69) is 38.1 Å². The van der Waals surface area contributed by atoms with Crippen LogP contribution >= 0.6 is 11.6 Å². The lowest BCUT2D eigenvalue weighted by Gasteiger charge is -2.31. The number of anilines is 1. The van der Waals surface area contributed by atoms with Gasteiger partial charge in [-0.15, -0.1) is 14.8 Å². The average molecular weight is 357 g/mol. The van der Waals surface area contributed by atoms with Crippen molar-refractivity contribution in [1.29, 1.82) is 0 Å². The van der Waals surface area contributed by atoms with Gasteiger partial charge in [0.1, 0.15) is 5.82 Å². The lowest BCUT2D eigenvalue weighted by molar-refractivity contribution is 0.315. The zero-order valence-corrected chi connectivity index (χ0v) is 14.7. The number of rotatable bonds is 5. The average Bonchev–Trinajstić information content (AvgIpc) is 3.11. The van der Waals surface area contributed by atoms with Gasteiger partial charge in [-0.1, -0.05) is 43.0 Å². The highest BCUT2D eigenvalue weighted by molar-refractivity contribution is 6.30. The smallest absolute Gasteiger partial charge is 0.200 e. The van der Waals surface area contributed by atoms with Gasteiger partial charge in [0.25, 0.3) is 0 Å². The molecule has 1 atom stereocenters. The largest absolute Gasteiger partial charge is 0.365 e. The van der Waals surface area contributed by atoms with Crippen LogP contribution < -0.4 is 5.32 Å². The Hall–Kier alpha value is -2.21. The van der Waals surface area contributed by atoms with E-state index in [1.54, 1.807) is 0 Å². The molecule has 1 aromatic carbocycles. The van der Waals surface area contributed by atoms with Gasteiger partial charge in [-0.05, 0) is 65.4 Å². The number of fused-ring (bicyclic) bond motifs is 1. The first kappa shape index (κ1) is 16.3. The van der Waals surface area contributed by atoms with Crippen LogP contribution in [0.3, 0.4) is 0 Å². The van der Waals surface area contributed by atoms with Crippen LogP contribution in [0.4, 0.5) is 5.82 Å². The van der Waals surface area contributed by atoms with Crippen LogP contribution in [0.1, 0.15) is 37.7 Å². The van der Waals surface area contributed by atoms with E-state index in [0.717, 1.165) is 17.3 Å². The van der Waals surface area contributed by atoms with Crippen LogP contribution in [-0.4, -0.2) is 31.3 Å². The fourth-order valence-electron chi connectivity index (χ4n) is 3.66. The minimum absolute atomic E-state index is 0.336. The molecule has 6 nitrogen and oxygen atoms in total. The number of nitrogens with one attached hydrogen (secondary N) is 1. The molecule has 3 aromatic rings. The quantitative estimate of drug-likeness (QED) is 0.753. The molecule has 1 aliphatic carbocycles. The summed E-state index contributed by atoms with van der Waals surface area (Å²) in [5, 5.41) is 20.3. The molecule has 0 aliphatic heterocycles. The molecule has 0 saturated heterocycles. The highest BCUT2D eigenvalue weighted by Crippen LogP contribution is 2.30. The Bertz CT molecular complexity index is 825. The highest BCUT2D eigenvalue weighted by Gasteiger charge is 2.24. The fraction of sp³-hybridized carbons (Fsp3) is 0.444. The molecular weight excluding hydrogens is 336 g/mol. The molecule has 4 rings (SSSR count). The second kappa shape index (κ2) is 7.35. The first-order chi connectivity index (χ1) is 12.3. The summed E-state index contributed by atoms with van der Waals surface area (Å²) in [5.74, 6) is 1.46. The van der Waals surface area contributed by atoms with E-state index in [4.69, 9.17) is 11.6 Å². The second-order valence-corrected chi connectivity index (χ2v) is 7.16. The molecule has 1 unspecified atom stereocenters. The molecule has 25 heavy (non-hydrogen) atoms. The van der Waals surface area contributed by atoms with Gasteiger partial charge in [-0.3, -0.25) is 0 Å². The van der Waals surface area contributed by atoms with Crippen molar-refractivity contribution in [1.82, 2.24) is 25.3 Å². The Morgan fingerprint density at radius 2 is 1.88 bits per heavy atom. The third-order valence-electron chi connectivity index (χ3n) is 4.99. The summed E-state index contributed by atoms with van der Waals surface area (Å²) in [6.45, 7) is 0. The molecule has 0 spiro atoms. The van der Waals surface area contributed by atoms with E-state index in [0.29, 0.717) is 17.6 Å². The van der Waals surface area contributed by atoms with Crippen LogP contribution in [0.2, 0.25) is 5.02 Å². The van der Waals surface area contributed by atoms with Crippen LogP contribution in [0, 0.1) is 5.92 Å².